The zero-order chi connectivity index (χ0) is 23.0. The average Bonchev–Trinajstić information content (AvgIpc) is 3.20. The Balaban J connectivity index is 1.78. The van der Waals surface area contributed by atoms with E-state index in [9.17, 15) is 18.0 Å². The predicted molar refractivity (Wildman–Crippen MR) is 118 cm³/mol. The van der Waals surface area contributed by atoms with Gasteiger partial charge in [-0.2, -0.15) is 12.5 Å². The summed E-state index contributed by atoms with van der Waals surface area (Å²) in [6.07, 6.45) is 0. The lowest BCUT2D eigenvalue weighted by Gasteiger charge is -2.07. The summed E-state index contributed by atoms with van der Waals surface area (Å²) in [6, 6.07) is 16.4. The molecule has 0 saturated heterocycles. The number of nitrogens with zero attached hydrogens (tertiary/aromatic N) is 5. The molecule has 4 aromatic rings. The molecular formula is C20H19N7O4S. The van der Waals surface area contributed by atoms with E-state index in [-0.39, 0.29) is 10.6 Å². The minimum Gasteiger partial charge on any atom is -0.381 e. The van der Waals surface area contributed by atoms with E-state index >= 15 is 0 Å². The first kappa shape index (κ1) is 21.1. The Labute approximate surface area is 182 Å². The van der Waals surface area contributed by atoms with Crippen molar-refractivity contribution in [1.29, 1.82) is 0 Å². The van der Waals surface area contributed by atoms with Gasteiger partial charge in [-0.05, 0) is 31.2 Å². The zero-order valence-electron chi connectivity index (χ0n) is 17.1. The van der Waals surface area contributed by atoms with Crippen molar-refractivity contribution in [3.8, 4) is 5.69 Å². The van der Waals surface area contributed by atoms with Crippen LogP contribution in [0.15, 0.2) is 85.4 Å². The van der Waals surface area contributed by atoms with Gasteiger partial charge in [0.2, 0.25) is 0 Å². The monoisotopic (exact) mass is 453 g/mol. The van der Waals surface area contributed by atoms with Crippen LogP contribution < -0.4 is 16.9 Å². The fraction of sp³-hybridized carbons (Fsp3) is 0.100. The molecule has 0 spiro atoms. The molecule has 0 bridgehead atoms. The number of para-hydroxylation sites is 1. The van der Waals surface area contributed by atoms with Crippen LogP contribution >= 0.6 is 0 Å². The molecule has 2 heterocycles. The van der Waals surface area contributed by atoms with E-state index in [1.54, 1.807) is 61.1 Å². The lowest BCUT2D eigenvalue weighted by atomic mass is 10.3. The minimum atomic E-state index is -4.14. The maximum Gasteiger partial charge on any atom is 0.299 e. The lowest BCUT2D eigenvalue weighted by Crippen LogP contribution is -2.19. The van der Waals surface area contributed by atoms with E-state index in [1.165, 1.54) is 16.8 Å². The molecule has 0 aliphatic heterocycles. The van der Waals surface area contributed by atoms with Gasteiger partial charge in [-0.15, -0.1) is 10.2 Å². The number of nitrogen functional groups attached to an aromatic ring is 1. The van der Waals surface area contributed by atoms with Crippen LogP contribution in [0, 0.1) is 6.92 Å². The van der Waals surface area contributed by atoms with Crippen molar-refractivity contribution in [2.75, 3.05) is 5.73 Å². The molecule has 0 aliphatic rings. The van der Waals surface area contributed by atoms with Crippen molar-refractivity contribution >= 4 is 27.2 Å². The summed E-state index contributed by atoms with van der Waals surface area (Å²) >= 11 is 0. The van der Waals surface area contributed by atoms with Gasteiger partial charge in [-0.25, -0.2) is 9.78 Å². The summed E-state index contributed by atoms with van der Waals surface area (Å²) in [7, 11) is -2.46. The van der Waals surface area contributed by atoms with Crippen LogP contribution in [0.5, 0.6) is 0 Å². The van der Waals surface area contributed by atoms with E-state index in [2.05, 4.69) is 15.3 Å². The van der Waals surface area contributed by atoms with E-state index < -0.39 is 32.6 Å². The second-order valence-electron chi connectivity index (χ2n) is 6.87. The summed E-state index contributed by atoms with van der Waals surface area (Å²) in [5.41, 5.74) is 5.29. The molecule has 4 rings (SSSR count). The van der Waals surface area contributed by atoms with E-state index in [1.807, 2.05) is 6.07 Å². The smallest absolute Gasteiger partial charge is 0.299 e. The Morgan fingerprint density at radius 2 is 1.47 bits per heavy atom. The van der Waals surface area contributed by atoms with Crippen LogP contribution in [0.3, 0.4) is 0 Å². The first-order chi connectivity index (χ1) is 15.2. The largest absolute Gasteiger partial charge is 0.381 e. The van der Waals surface area contributed by atoms with Crippen LogP contribution in [-0.4, -0.2) is 27.0 Å². The van der Waals surface area contributed by atoms with Gasteiger partial charge in [-0.3, -0.25) is 14.3 Å². The van der Waals surface area contributed by atoms with Crippen molar-refractivity contribution in [1.82, 2.24) is 18.5 Å². The van der Waals surface area contributed by atoms with Gasteiger partial charge in [0.05, 0.1) is 16.3 Å². The lowest BCUT2D eigenvalue weighted by molar-refractivity contribution is 0.580. The van der Waals surface area contributed by atoms with Crippen LogP contribution in [0.4, 0.5) is 17.2 Å². The van der Waals surface area contributed by atoms with Crippen LogP contribution in [-0.2, 0) is 17.1 Å². The molecule has 0 unspecified atom stereocenters. The number of hydrogen-bond donors (Lipinski definition) is 2. The number of nitrogens with one attached hydrogen (secondary N) is 1. The van der Waals surface area contributed by atoms with Gasteiger partial charge in [0.25, 0.3) is 21.1 Å². The van der Waals surface area contributed by atoms with Gasteiger partial charge < -0.3 is 5.73 Å². The molecule has 3 N–H and O–H groups in total. The Bertz CT molecular complexity index is 1540. The zero-order valence-corrected chi connectivity index (χ0v) is 17.9. The fourth-order valence-electron chi connectivity index (χ4n) is 3.17. The highest BCUT2D eigenvalue weighted by atomic mass is 32.2. The molecular weight excluding hydrogens is 434 g/mol. The summed E-state index contributed by atoms with van der Waals surface area (Å²) in [5.74, 6) is -0.445. The standard InChI is InChI=1S/C20H19N7O4S/c1-13-16(20(29)26(25(13)2)14-9-5-3-6-10-14)22-23-17-18(21)27(24-19(17)28)32(30,31)15-11-7-4-8-12-15/h3-12H,21H2,1-2H3,(H,24,28). The SMILES string of the molecule is Cc1c(N=Nc2c(N)n(S(=O)(=O)c3ccccc3)[nH]c2=O)c(=O)n(-c2ccccc2)n1C. The molecule has 0 aliphatic carbocycles. The molecule has 0 fully saturated rings. The number of azo groups is 1. The van der Waals surface area contributed by atoms with E-state index in [0.29, 0.717) is 15.5 Å². The first-order valence-corrected chi connectivity index (χ1v) is 10.8. The highest BCUT2D eigenvalue weighted by Crippen LogP contribution is 2.25. The minimum absolute atomic E-state index is 0.00572. The topological polar surface area (TPSA) is 150 Å². The van der Waals surface area contributed by atoms with Crippen molar-refractivity contribution in [2.24, 2.45) is 17.3 Å². The average molecular weight is 453 g/mol. The number of nitrogens with two attached hydrogens (primary N) is 1. The van der Waals surface area contributed by atoms with Crippen molar-refractivity contribution in [2.45, 2.75) is 11.8 Å². The normalized spacial score (nSPS) is 11.9. The van der Waals surface area contributed by atoms with Crippen LogP contribution in [0.1, 0.15) is 5.69 Å². The molecule has 2 aromatic carbocycles. The second-order valence-corrected chi connectivity index (χ2v) is 8.65. The number of hydrogen-bond acceptors (Lipinski definition) is 7. The van der Waals surface area contributed by atoms with Crippen molar-refractivity contribution in [3.63, 3.8) is 0 Å². The predicted octanol–water partition coefficient (Wildman–Crippen LogP) is 2.21. The third kappa shape index (κ3) is 3.36. The third-order valence-electron chi connectivity index (χ3n) is 4.93. The highest BCUT2D eigenvalue weighted by Gasteiger charge is 2.24. The molecule has 0 amide bonds. The number of rotatable bonds is 5. The fourth-order valence-corrected chi connectivity index (χ4v) is 4.43. The number of anilines is 1. The van der Waals surface area contributed by atoms with Gasteiger partial charge in [-0.1, -0.05) is 36.4 Å². The molecule has 12 heteroatoms. The van der Waals surface area contributed by atoms with Crippen molar-refractivity contribution < 1.29 is 8.42 Å². The van der Waals surface area contributed by atoms with Gasteiger partial charge in [0, 0.05) is 7.05 Å². The van der Waals surface area contributed by atoms with E-state index in [4.69, 9.17) is 5.73 Å². The number of aromatic nitrogens is 4. The molecule has 0 saturated carbocycles. The summed E-state index contributed by atoms with van der Waals surface area (Å²) in [5, 5.41) is 9.92. The molecule has 164 valence electrons. The second kappa shape index (κ2) is 7.81. The molecule has 32 heavy (non-hydrogen) atoms. The highest BCUT2D eigenvalue weighted by molar-refractivity contribution is 7.90. The van der Waals surface area contributed by atoms with Crippen LogP contribution in [0.2, 0.25) is 0 Å². The van der Waals surface area contributed by atoms with Crippen molar-refractivity contribution in [3.05, 3.63) is 87.1 Å². The van der Waals surface area contributed by atoms with Gasteiger partial charge in [0.1, 0.15) is 0 Å². The Morgan fingerprint density at radius 3 is 2.09 bits per heavy atom. The maximum atomic E-state index is 12.9. The number of benzene rings is 2. The van der Waals surface area contributed by atoms with Gasteiger partial charge >= 0.3 is 0 Å². The summed E-state index contributed by atoms with van der Waals surface area (Å²) in [6.45, 7) is 1.67. The maximum absolute atomic E-state index is 12.9. The van der Waals surface area contributed by atoms with Crippen LogP contribution in [0.25, 0.3) is 5.69 Å². The summed E-state index contributed by atoms with van der Waals surface area (Å²) < 4.78 is 29.1. The molecule has 11 nitrogen and oxygen atoms in total. The molecule has 2 aromatic heterocycles. The van der Waals surface area contributed by atoms with E-state index in [0.717, 1.165) is 0 Å². The number of H-pyrrole nitrogens is 1. The molecule has 0 radical (unpaired) electrons. The summed E-state index contributed by atoms with van der Waals surface area (Å²) in [4.78, 5) is 25.2. The van der Waals surface area contributed by atoms with Gasteiger partial charge in [0.15, 0.2) is 17.2 Å². The Kier molecular flexibility index (Phi) is 5.14. The third-order valence-corrected chi connectivity index (χ3v) is 6.57. The Hall–Kier alpha value is -4.19. The Morgan fingerprint density at radius 1 is 0.906 bits per heavy atom. The number of aromatic amines is 1. The molecule has 0 atom stereocenters. The quantitative estimate of drug-likeness (QED) is 0.444. The first-order valence-electron chi connectivity index (χ1n) is 9.40.